The maximum atomic E-state index is 6.23. The fourth-order valence-electron chi connectivity index (χ4n) is 3.59. The number of rotatable bonds is 7. The van der Waals surface area contributed by atoms with Gasteiger partial charge in [-0.15, -0.1) is 0 Å². The zero-order valence-corrected chi connectivity index (χ0v) is 19.2. The van der Waals surface area contributed by atoms with E-state index in [-0.39, 0.29) is 0 Å². The van der Waals surface area contributed by atoms with Crippen LogP contribution in [-0.4, -0.2) is 35.5 Å². The molecule has 4 aromatic rings. The van der Waals surface area contributed by atoms with E-state index in [1.165, 1.54) is 0 Å². The van der Waals surface area contributed by atoms with Gasteiger partial charge in [0.25, 0.3) is 0 Å². The van der Waals surface area contributed by atoms with Crippen molar-refractivity contribution in [2.45, 2.75) is 0 Å². The van der Waals surface area contributed by atoms with E-state index in [0.29, 0.717) is 51.1 Å². The summed E-state index contributed by atoms with van der Waals surface area (Å²) in [5.74, 6) is 3.48. The van der Waals surface area contributed by atoms with Gasteiger partial charge in [-0.05, 0) is 36.4 Å². The lowest BCUT2D eigenvalue weighted by Gasteiger charge is -2.14. The van der Waals surface area contributed by atoms with Gasteiger partial charge in [0.2, 0.25) is 5.75 Å². The molecule has 0 amide bonds. The third kappa shape index (κ3) is 4.30. The van der Waals surface area contributed by atoms with Crippen LogP contribution in [0.1, 0.15) is 0 Å². The smallest absolute Gasteiger partial charge is 0.203 e. The van der Waals surface area contributed by atoms with Gasteiger partial charge in [0.15, 0.2) is 11.5 Å². The lowest BCUT2D eigenvalue weighted by molar-refractivity contribution is 0.324. The van der Waals surface area contributed by atoms with Crippen molar-refractivity contribution in [2.75, 3.05) is 35.5 Å². The molecule has 0 aliphatic carbocycles. The van der Waals surface area contributed by atoms with E-state index in [0.717, 1.165) is 10.9 Å². The standard InChI is InChI=1S/C26H25NO6/c1-28-17-10-11-22(29-2)20(14-17)27-19-15-23(33-21-9-7-6-8-18(19)21)16-12-24(30-3)26(32-5)25(13-16)31-4/h6-15H,1-5H3. The molecule has 1 heterocycles. The molecule has 0 saturated carbocycles. The van der Waals surface area contributed by atoms with Gasteiger partial charge in [-0.1, -0.05) is 12.1 Å². The second kappa shape index (κ2) is 9.56. The van der Waals surface area contributed by atoms with Crippen molar-refractivity contribution in [3.63, 3.8) is 0 Å². The lowest BCUT2D eigenvalue weighted by Crippen LogP contribution is -2.04. The molecule has 0 atom stereocenters. The van der Waals surface area contributed by atoms with Crippen LogP contribution in [0.2, 0.25) is 0 Å². The van der Waals surface area contributed by atoms with Crippen molar-refractivity contribution in [2.24, 2.45) is 4.99 Å². The van der Waals surface area contributed by atoms with Gasteiger partial charge in [-0.3, -0.25) is 0 Å². The Morgan fingerprint density at radius 3 is 2.00 bits per heavy atom. The number of fused-ring (bicyclic) bond motifs is 1. The van der Waals surface area contributed by atoms with Crippen LogP contribution < -0.4 is 29.0 Å². The van der Waals surface area contributed by atoms with Crippen molar-refractivity contribution in [1.29, 1.82) is 0 Å². The highest BCUT2D eigenvalue weighted by atomic mass is 16.5. The largest absolute Gasteiger partial charge is 0.497 e. The van der Waals surface area contributed by atoms with Crippen LogP contribution in [0.3, 0.4) is 0 Å². The number of nitrogens with zero attached hydrogens (tertiary/aromatic N) is 1. The van der Waals surface area contributed by atoms with Crippen molar-refractivity contribution in [3.05, 3.63) is 66.0 Å². The minimum absolute atomic E-state index is 0.510. The third-order valence-corrected chi connectivity index (χ3v) is 5.23. The predicted octanol–water partition coefficient (Wildman–Crippen LogP) is 5.38. The highest BCUT2D eigenvalue weighted by Gasteiger charge is 2.16. The van der Waals surface area contributed by atoms with Crippen molar-refractivity contribution < 1.29 is 28.1 Å². The minimum Gasteiger partial charge on any atom is -0.497 e. The fraction of sp³-hybridized carbons (Fsp3) is 0.192. The first kappa shape index (κ1) is 22.1. The second-order valence-corrected chi connectivity index (χ2v) is 7.06. The van der Waals surface area contributed by atoms with Crippen LogP contribution in [0.5, 0.6) is 28.7 Å². The van der Waals surface area contributed by atoms with Crippen LogP contribution in [0.15, 0.2) is 70.1 Å². The van der Waals surface area contributed by atoms with E-state index in [1.807, 2.05) is 60.7 Å². The zero-order valence-electron chi connectivity index (χ0n) is 19.2. The van der Waals surface area contributed by atoms with Gasteiger partial charge in [-0.25, -0.2) is 4.99 Å². The van der Waals surface area contributed by atoms with E-state index in [1.54, 1.807) is 35.5 Å². The van der Waals surface area contributed by atoms with Crippen molar-refractivity contribution in [3.8, 4) is 40.1 Å². The molecular weight excluding hydrogens is 422 g/mol. The summed E-state index contributed by atoms with van der Waals surface area (Å²) in [6.07, 6.45) is 0. The highest BCUT2D eigenvalue weighted by Crippen LogP contribution is 2.41. The topological polar surface area (TPSA) is 71.7 Å². The van der Waals surface area contributed by atoms with E-state index >= 15 is 0 Å². The summed E-state index contributed by atoms with van der Waals surface area (Å²) in [7, 11) is 7.95. The van der Waals surface area contributed by atoms with Gasteiger partial charge in [0, 0.05) is 23.1 Å². The summed E-state index contributed by atoms with van der Waals surface area (Å²) in [6, 6.07) is 18.8. The van der Waals surface area contributed by atoms with E-state index in [2.05, 4.69) is 0 Å². The SMILES string of the molecule is COc1ccc(OC)c(N=c2cc(-c3cc(OC)c(OC)c(OC)c3)oc3ccccc23)c1. The van der Waals surface area contributed by atoms with Crippen LogP contribution in [0.4, 0.5) is 5.69 Å². The Labute approximate surface area is 191 Å². The quantitative estimate of drug-likeness (QED) is 0.379. The molecule has 1 aromatic heterocycles. The first-order valence-corrected chi connectivity index (χ1v) is 10.2. The van der Waals surface area contributed by atoms with Crippen LogP contribution >= 0.6 is 0 Å². The van der Waals surface area contributed by atoms with Gasteiger partial charge < -0.3 is 28.1 Å². The van der Waals surface area contributed by atoms with Crippen LogP contribution in [-0.2, 0) is 0 Å². The Bertz CT molecular complexity index is 1330. The average Bonchev–Trinajstić information content (AvgIpc) is 2.87. The first-order valence-electron chi connectivity index (χ1n) is 10.2. The normalized spacial score (nSPS) is 11.4. The summed E-state index contributed by atoms with van der Waals surface area (Å²) >= 11 is 0. The zero-order chi connectivity index (χ0) is 23.4. The Morgan fingerprint density at radius 1 is 0.667 bits per heavy atom. The summed E-state index contributed by atoms with van der Waals surface area (Å²) in [5.41, 5.74) is 2.08. The summed E-state index contributed by atoms with van der Waals surface area (Å²) in [5, 5.41) is 1.57. The van der Waals surface area contributed by atoms with Crippen LogP contribution in [0.25, 0.3) is 22.3 Å². The van der Waals surface area contributed by atoms with E-state index < -0.39 is 0 Å². The van der Waals surface area contributed by atoms with Gasteiger partial charge in [-0.2, -0.15) is 0 Å². The second-order valence-electron chi connectivity index (χ2n) is 7.06. The maximum absolute atomic E-state index is 6.23. The molecule has 0 spiro atoms. The van der Waals surface area contributed by atoms with Crippen molar-refractivity contribution in [1.82, 2.24) is 0 Å². The monoisotopic (exact) mass is 447 g/mol. The molecule has 0 aliphatic rings. The molecular formula is C26H25NO6. The molecule has 0 N–H and O–H groups in total. The molecule has 7 heteroatoms. The maximum Gasteiger partial charge on any atom is 0.203 e. The Balaban J connectivity index is 1.99. The van der Waals surface area contributed by atoms with E-state index in [4.69, 9.17) is 33.1 Å². The molecule has 3 aromatic carbocycles. The summed E-state index contributed by atoms with van der Waals surface area (Å²) in [4.78, 5) is 4.90. The summed E-state index contributed by atoms with van der Waals surface area (Å²) in [6.45, 7) is 0. The number of benzene rings is 3. The third-order valence-electron chi connectivity index (χ3n) is 5.23. The average molecular weight is 447 g/mol. The molecule has 33 heavy (non-hydrogen) atoms. The fourth-order valence-corrected chi connectivity index (χ4v) is 3.59. The molecule has 0 aliphatic heterocycles. The molecule has 7 nitrogen and oxygen atoms in total. The van der Waals surface area contributed by atoms with Gasteiger partial charge in [0.1, 0.15) is 28.5 Å². The van der Waals surface area contributed by atoms with E-state index in [9.17, 15) is 0 Å². The molecule has 0 radical (unpaired) electrons. The Hall–Kier alpha value is -4.13. The van der Waals surface area contributed by atoms with Gasteiger partial charge >= 0.3 is 0 Å². The highest BCUT2D eigenvalue weighted by molar-refractivity contribution is 5.79. The lowest BCUT2D eigenvalue weighted by atomic mass is 10.1. The predicted molar refractivity (Wildman–Crippen MR) is 126 cm³/mol. The number of hydrogen-bond acceptors (Lipinski definition) is 7. The Kier molecular flexibility index (Phi) is 6.40. The molecule has 4 rings (SSSR count). The van der Waals surface area contributed by atoms with Crippen molar-refractivity contribution >= 4 is 16.7 Å². The minimum atomic E-state index is 0.510. The number of methoxy groups -OCH3 is 5. The first-order chi connectivity index (χ1) is 16.1. The molecule has 0 bridgehead atoms. The van der Waals surface area contributed by atoms with Gasteiger partial charge in [0.05, 0.1) is 40.9 Å². The Morgan fingerprint density at radius 2 is 1.36 bits per heavy atom. The molecule has 0 unspecified atom stereocenters. The molecule has 170 valence electrons. The number of para-hydroxylation sites is 1. The molecule has 0 saturated heterocycles. The summed E-state index contributed by atoms with van der Waals surface area (Å²) < 4.78 is 33.6. The number of hydrogen-bond donors (Lipinski definition) is 0. The number of ether oxygens (including phenoxy) is 5. The van der Waals surface area contributed by atoms with Crippen LogP contribution in [0, 0.1) is 0 Å². The molecule has 0 fully saturated rings.